The smallest absolute Gasteiger partial charge is 0.275 e. The van der Waals surface area contributed by atoms with Gasteiger partial charge in [-0.05, 0) is 43.7 Å². The number of thiophene rings is 1. The first-order chi connectivity index (χ1) is 10.5. The van der Waals surface area contributed by atoms with Crippen LogP contribution >= 0.6 is 34.3 Å². The monoisotopic (exact) mass is 348 g/mol. The van der Waals surface area contributed by atoms with Crippen LogP contribution in [0.4, 0.5) is 5.69 Å². The quantitative estimate of drug-likeness (QED) is 0.689. The van der Waals surface area contributed by atoms with Crippen molar-refractivity contribution in [3.63, 3.8) is 0 Å². The van der Waals surface area contributed by atoms with Gasteiger partial charge in [0.2, 0.25) is 0 Å². The van der Waals surface area contributed by atoms with Crippen LogP contribution in [0, 0.1) is 13.8 Å². The maximum Gasteiger partial charge on any atom is 0.275 e. The zero-order valence-corrected chi connectivity index (χ0v) is 14.4. The first kappa shape index (κ1) is 15.2. The Kier molecular flexibility index (Phi) is 4.29. The minimum Gasteiger partial charge on any atom is -0.320 e. The van der Waals surface area contributed by atoms with Crippen molar-refractivity contribution in [2.24, 2.45) is 0 Å². The van der Waals surface area contributed by atoms with E-state index in [-0.39, 0.29) is 5.91 Å². The van der Waals surface area contributed by atoms with Crippen molar-refractivity contribution < 1.29 is 4.79 Å². The van der Waals surface area contributed by atoms with Crippen molar-refractivity contribution in [3.05, 3.63) is 56.9 Å². The third-order valence-electron chi connectivity index (χ3n) is 3.14. The molecular weight excluding hydrogens is 336 g/mol. The molecule has 1 aromatic carbocycles. The molecule has 3 aromatic rings. The van der Waals surface area contributed by atoms with E-state index in [1.807, 2.05) is 19.1 Å². The highest BCUT2D eigenvalue weighted by molar-refractivity contribution is 7.21. The Bertz CT molecular complexity index is 838. The molecule has 2 aromatic heterocycles. The molecule has 0 aliphatic heterocycles. The molecule has 0 fully saturated rings. The lowest BCUT2D eigenvalue weighted by atomic mass is 10.2. The molecule has 1 N–H and O–H groups in total. The number of carbonyl (C=O) groups is 1. The van der Waals surface area contributed by atoms with E-state index in [0.717, 1.165) is 15.4 Å². The summed E-state index contributed by atoms with van der Waals surface area (Å²) in [5.41, 5.74) is 2.09. The molecule has 0 saturated carbocycles. The van der Waals surface area contributed by atoms with Crippen LogP contribution in [-0.2, 0) is 0 Å². The van der Waals surface area contributed by atoms with Crippen LogP contribution in [0.3, 0.4) is 0 Å². The molecule has 0 aliphatic carbocycles. The highest BCUT2D eigenvalue weighted by atomic mass is 35.5. The SMILES string of the molecule is Cc1ccc(-c2nc(C(=O)Nc3cc(Cl)ccc3C)cs2)s1. The Morgan fingerprint density at radius 2 is 2.05 bits per heavy atom. The van der Waals surface area contributed by atoms with Crippen LogP contribution in [0.25, 0.3) is 9.88 Å². The van der Waals surface area contributed by atoms with E-state index >= 15 is 0 Å². The third-order valence-corrected chi connectivity index (χ3v) is 5.38. The van der Waals surface area contributed by atoms with Crippen LogP contribution in [0.15, 0.2) is 35.7 Å². The van der Waals surface area contributed by atoms with E-state index in [9.17, 15) is 4.79 Å². The number of nitrogens with zero attached hydrogens (tertiary/aromatic N) is 1. The number of anilines is 1. The molecule has 0 radical (unpaired) electrons. The van der Waals surface area contributed by atoms with Crippen molar-refractivity contribution in [3.8, 4) is 9.88 Å². The van der Waals surface area contributed by atoms with Crippen LogP contribution < -0.4 is 5.32 Å². The number of hydrogen-bond acceptors (Lipinski definition) is 4. The third kappa shape index (κ3) is 3.21. The van der Waals surface area contributed by atoms with Crippen molar-refractivity contribution in [2.45, 2.75) is 13.8 Å². The average Bonchev–Trinajstić information content (AvgIpc) is 3.11. The first-order valence-electron chi connectivity index (χ1n) is 6.63. The second kappa shape index (κ2) is 6.20. The summed E-state index contributed by atoms with van der Waals surface area (Å²) in [4.78, 5) is 19.1. The molecule has 22 heavy (non-hydrogen) atoms. The van der Waals surface area contributed by atoms with E-state index < -0.39 is 0 Å². The summed E-state index contributed by atoms with van der Waals surface area (Å²) in [5.74, 6) is -0.221. The Morgan fingerprint density at radius 3 is 2.77 bits per heavy atom. The largest absolute Gasteiger partial charge is 0.320 e. The number of benzene rings is 1. The maximum absolute atomic E-state index is 12.3. The summed E-state index contributed by atoms with van der Waals surface area (Å²) < 4.78 is 0. The minimum atomic E-state index is -0.221. The van der Waals surface area contributed by atoms with Gasteiger partial charge in [-0.15, -0.1) is 22.7 Å². The number of hydrogen-bond donors (Lipinski definition) is 1. The Labute approximate surface area is 141 Å². The van der Waals surface area contributed by atoms with Crippen LogP contribution in [0.2, 0.25) is 5.02 Å². The maximum atomic E-state index is 12.3. The number of rotatable bonds is 3. The van der Waals surface area contributed by atoms with Gasteiger partial charge in [-0.3, -0.25) is 4.79 Å². The highest BCUT2D eigenvalue weighted by Gasteiger charge is 2.14. The van der Waals surface area contributed by atoms with Gasteiger partial charge in [0.05, 0.1) is 4.88 Å². The van der Waals surface area contributed by atoms with Gasteiger partial charge in [0.25, 0.3) is 5.91 Å². The second-order valence-electron chi connectivity index (χ2n) is 4.86. The molecule has 0 spiro atoms. The average molecular weight is 349 g/mol. The predicted octanol–water partition coefficient (Wildman–Crippen LogP) is 5.39. The first-order valence-corrected chi connectivity index (χ1v) is 8.70. The van der Waals surface area contributed by atoms with Crippen molar-refractivity contribution in [2.75, 3.05) is 5.32 Å². The van der Waals surface area contributed by atoms with Gasteiger partial charge in [0.1, 0.15) is 10.7 Å². The number of carbonyl (C=O) groups excluding carboxylic acids is 1. The van der Waals surface area contributed by atoms with Crippen LogP contribution in [-0.4, -0.2) is 10.9 Å². The normalized spacial score (nSPS) is 10.7. The number of thiazole rings is 1. The summed E-state index contributed by atoms with van der Waals surface area (Å²) in [7, 11) is 0. The van der Waals surface area contributed by atoms with Gasteiger partial charge in [0, 0.05) is 21.0 Å². The summed E-state index contributed by atoms with van der Waals surface area (Å²) in [6.45, 7) is 3.98. The molecule has 0 saturated heterocycles. The zero-order chi connectivity index (χ0) is 15.7. The zero-order valence-electron chi connectivity index (χ0n) is 12.0. The molecule has 0 unspecified atom stereocenters. The summed E-state index contributed by atoms with van der Waals surface area (Å²) in [6, 6.07) is 9.49. The predicted molar refractivity (Wildman–Crippen MR) is 94.3 cm³/mol. The molecular formula is C16H13ClN2OS2. The van der Waals surface area contributed by atoms with Crippen molar-refractivity contribution >= 4 is 45.9 Å². The van der Waals surface area contributed by atoms with Crippen LogP contribution in [0.1, 0.15) is 20.9 Å². The second-order valence-corrected chi connectivity index (χ2v) is 7.44. The fourth-order valence-corrected chi connectivity index (χ4v) is 3.87. The van der Waals surface area contributed by atoms with Crippen molar-refractivity contribution in [1.82, 2.24) is 4.98 Å². The van der Waals surface area contributed by atoms with Crippen molar-refractivity contribution in [1.29, 1.82) is 0 Å². The molecule has 1 amide bonds. The lowest BCUT2D eigenvalue weighted by Gasteiger charge is -2.07. The molecule has 112 valence electrons. The lowest BCUT2D eigenvalue weighted by molar-refractivity contribution is 0.102. The molecule has 0 atom stereocenters. The highest BCUT2D eigenvalue weighted by Crippen LogP contribution is 2.30. The molecule has 3 rings (SSSR count). The van der Waals surface area contributed by atoms with E-state index in [1.165, 1.54) is 16.2 Å². The van der Waals surface area contributed by atoms with E-state index in [4.69, 9.17) is 11.6 Å². The molecule has 6 heteroatoms. The number of amides is 1. The Balaban J connectivity index is 1.81. The van der Waals surface area contributed by atoms with E-state index in [0.29, 0.717) is 16.4 Å². The molecule has 0 bridgehead atoms. The van der Waals surface area contributed by atoms with E-state index in [1.54, 1.807) is 28.8 Å². The fraction of sp³-hybridized carbons (Fsp3) is 0.125. The molecule has 2 heterocycles. The fourth-order valence-electron chi connectivity index (χ4n) is 1.96. The van der Waals surface area contributed by atoms with Gasteiger partial charge in [-0.1, -0.05) is 17.7 Å². The number of aromatic nitrogens is 1. The molecule has 3 nitrogen and oxygen atoms in total. The summed E-state index contributed by atoms with van der Waals surface area (Å²) in [5, 5.41) is 6.10. The Hall–Kier alpha value is -1.69. The van der Waals surface area contributed by atoms with Gasteiger partial charge < -0.3 is 5.32 Å². The lowest BCUT2D eigenvalue weighted by Crippen LogP contribution is -2.13. The number of halogens is 1. The Morgan fingerprint density at radius 1 is 1.23 bits per heavy atom. The van der Waals surface area contributed by atoms with Crippen LogP contribution in [0.5, 0.6) is 0 Å². The van der Waals surface area contributed by atoms with Gasteiger partial charge in [-0.25, -0.2) is 4.98 Å². The summed E-state index contributed by atoms with van der Waals surface area (Å²) >= 11 is 9.12. The topological polar surface area (TPSA) is 42.0 Å². The minimum absolute atomic E-state index is 0.221. The van der Waals surface area contributed by atoms with Gasteiger partial charge in [-0.2, -0.15) is 0 Å². The summed E-state index contributed by atoms with van der Waals surface area (Å²) in [6.07, 6.45) is 0. The van der Waals surface area contributed by atoms with E-state index in [2.05, 4.69) is 23.3 Å². The number of nitrogens with one attached hydrogen (secondary N) is 1. The molecule has 0 aliphatic rings. The number of aryl methyl sites for hydroxylation is 2. The van der Waals surface area contributed by atoms with Gasteiger partial charge in [0.15, 0.2) is 0 Å². The van der Waals surface area contributed by atoms with Gasteiger partial charge >= 0.3 is 0 Å². The standard InChI is InChI=1S/C16H13ClN2OS2/c1-9-3-5-11(17)7-12(9)18-15(20)13-8-21-16(19-13)14-6-4-10(2)22-14/h3-8H,1-2H3,(H,18,20).